The zero-order valence-corrected chi connectivity index (χ0v) is 8.95. The highest BCUT2D eigenvalue weighted by Gasteiger charge is 2.13. The first kappa shape index (κ1) is 11.8. The molecule has 0 saturated carbocycles. The maximum atomic E-state index is 11.9. The summed E-state index contributed by atoms with van der Waals surface area (Å²) in [4.78, 5) is 32.3. The molecule has 2 aromatic rings. The fourth-order valence-corrected chi connectivity index (χ4v) is 1.56. The molecule has 0 fully saturated rings. The number of nitro groups is 1. The molecule has 0 aliphatic rings. The Morgan fingerprint density at radius 3 is 2.78 bits per heavy atom. The fraction of sp³-hybridized carbons (Fsp3) is 0.0909. The number of non-ortho nitro benzene ring substituents is 1. The van der Waals surface area contributed by atoms with Gasteiger partial charge in [0, 0.05) is 11.6 Å². The molecule has 0 atom stereocenters. The first-order valence-electron chi connectivity index (χ1n) is 4.89. The van der Waals surface area contributed by atoms with E-state index >= 15 is 0 Å². The Bertz CT molecular complexity index is 702. The molecular weight excluding hydrogens is 242 g/mol. The molecule has 0 spiro atoms. The van der Waals surface area contributed by atoms with Gasteiger partial charge in [-0.1, -0.05) is 0 Å². The molecule has 1 heterocycles. The lowest BCUT2D eigenvalue weighted by molar-refractivity contribution is -0.384. The first-order chi connectivity index (χ1) is 8.49. The highest BCUT2D eigenvalue weighted by molar-refractivity contribution is 5.80. The fourth-order valence-electron chi connectivity index (χ4n) is 1.56. The van der Waals surface area contributed by atoms with Crippen molar-refractivity contribution in [2.45, 2.75) is 6.42 Å². The molecular formula is C11H7NO6. The van der Waals surface area contributed by atoms with Crippen molar-refractivity contribution in [3.8, 4) is 0 Å². The van der Waals surface area contributed by atoms with Crippen molar-refractivity contribution in [2.75, 3.05) is 0 Å². The van der Waals surface area contributed by atoms with Crippen LogP contribution < -0.4 is 5.43 Å². The van der Waals surface area contributed by atoms with E-state index in [1.54, 1.807) is 0 Å². The van der Waals surface area contributed by atoms with Gasteiger partial charge in [-0.05, 0) is 6.07 Å². The minimum atomic E-state index is -1.15. The molecule has 0 bridgehead atoms. The Morgan fingerprint density at radius 2 is 2.17 bits per heavy atom. The second kappa shape index (κ2) is 4.28. The van der Waals surface area contributed by atoms with Crippen LogP contribution in [0.2, 0.25) is 0 Å². The summed E-state index contributed by atoms with van der Waals surface area (Å²) in [6.07, 6.45) is 0.567. The summed E-state index contributed by atoms with van der Waals surface area (Å²) in [5.74, 6) is -1.15. The zero-order chi connectivity index (χ0) is 13.3. The van der Waals surface area contributed by atoms with Crippen LogP contribution in [0.25, 0.3) is 11.0 Å². The predicted molar refractivity (Wildman–Crippen MR) is 60.5 cm³/mol. The normalized spacial score (nSPS) is 10.4. The number of nitrogens with zero attached hydrogens (tertiary/aromatic N) is 1. The van der Waals surface area contributed by atoms with E-state index in [2.05, 4.69) is 0 Å². The van der Waals surface area contributed by atoms with Crippen LogP contribution in [-0.2, 0) is 11.2 Å². The number of hydrogen-bond donors (Lipinski definition) is 1. The Kier molecular flexibility index (Phi) is 2.80. The minimum Gasteiger partial charge on any atom is -0.481 e. The number of nitro benzene ring substituents is 1. The molecule has 0 aliphatic heterocycles. The number of rotatable bonds is 3. The van der Waals surface area contributed by atoms with Crippen molar-refractivity contribution >= 4 is 22.6 Å². The van der Waals surface area contributed by atoms with E-state index in [1.807, 2.05) is 0 Å². The molecule has 0 aliphatic carbocycles. The quantitative estimate of drug-likeness (QED) is 0.648. The van der Waals surface area contributed by atoms with E-state index in [4.69, 9.17) is 9.52 Å². The summed E-state index contributed by atoms with van der Waals surface area (Å²) < 4.78 is 5.05. The number of benzene rings is 1. The summed E-state index contributed by atoms with van der Waals surface area (Å²) in [7, 11) is 0. The van der Waals surface area contributed by atoms with Crippen LogP contribution >= 0.6 is 0 Å². The molecule has 2 rings (SSSR count). The Balaban J connectivity index is 2.62. The third-order valence-electron chi connectivity index (χ3n) is 2.38. The predicted octanol–water partition coefficient (Wildman–Crippen LogP) is 1.33. The van der Waals surface area contributed by atoms with E-state index in [0.29, 0.717) is 0 Å². The van der Waals surface area contributed by atoms with Gasteiger partial charge in [0.15, 0.2) is 5.43 Å². The van der Waals surface area contributed by atoms with E-state index in [1.165, 1.54) is 12.1 Å². The van der Waals surface area contributed by atoms with Crippen LogP contribution in [0.4, 0.5) is 5.69 Å². The average Bonchev–Trinajstić information content (AvgIpc) is 2.32. The van der Waals surface area contributed by atoms with Crippen LogP contribution in [0.3, 0.4) is 0 Å². The van der Waals surface area contributed by atoms with E-state index in [9.17, 15) is 19.7 Å². The third kappa shape index (κ3) is 2.05. The van der Waals surface area contributed by atoms with Gasteiger partial charge < -0.3 is 9.52 Å². The lowest BCUT2D eigenvalue weighted by atomic mass is 10.1. The molecule has 1 N–H and O–H groups in total. The molecule has 0 amide bonds. The van der Waals surface area contributed by atoms with Crippen molar-refractivity contribution in [1.29, 1.82) is 0 Å². The van der Waals surface area contributed by atoms with Crippen molar-refractivity contribution in [1.82, 2.24) is 0 Å². The first-order valence-corrected chi connectivity index (χ1v) is 4.89. The average molecular weight is 249 g/mol. The van der Waals surface area contributed by atoms with Gasteiger partial charge in [0.2, 0.25) is 0 Å². The highest BCUT2D eigenvalue weighted by atomic mass is 16.6. The molecule has 92 valence electrons. The Morgan fingerprint density at radius 1 is 1.44 bits per heavy atom. The summed E-state index contributed by atoms with van der Waals surface area (Å²) in [5, 5.41) is 19.3. The second-order valence-electron chi connectivity index (χ2n) is 3.60. The zero-order valence-electron chi connectivity index (χ0n) is 8.95. The van der Waals surface area contributed by atoms with Crippen molar-refractivity contribution < 1.29 is 19.2 Å². The molecule has 1 aromatic carbocycles. The monoisotopic (exact) mass is 249 g/mol. The van der Waals surface area contributed by atoms with Gasteiger partial charge >= 0.3 is 5.97 Å². The van der Waals surface area contributed by atoms with Crippen LogP contribution in [0.1, 0.15) is 5.56 Å². The minimum absolute atomic E-state index is 0.00357. The number of carboxylic acids is 1. The Labute approximate surface area is 99.4 Å². The molecule has 7 heteroatoms. The van der Waals surface area contributed by atoms with Crippen molar-refractivity contribution in [3.05, 3.63) is 50.4 Å². The molecule has 1 aromatic heterocycles. The van der Waals surface area contributed by atoms with Crippen molar-refractivity contribution in [3.63, 3.8) is 0 Å². The number of fused-ring (bicyclic) bond motifs is 1. The van der Waals surface area contributed by atoms with Gasteiger partial charge in [-0.2, -0.15) is 0 Å². The lowest BCUT2D eigenvalue weighted by Gasteiger charge is -1.99. The molecule has 7 nitrogen and oxygen atoms in total. The van der Waals surface area contributed by atoms with Gasteiger partial charge in [0.25, 0.3) is 5.69 Å². The SMILES string of the molecule is O=C(O)Cc1coc2cc([N+](=O)[O-])ccc2c1=O. The largest absolute Gasteiger partial charge is 0.481 e. The van der Waals surface area contributed by atoms with Crippen molar-refractivity contribution in [2.24, 2.45) is 0 Å². The van der Waals surface area contributed by atoms with Gasteiger partial charge in [-0.25, -0.2) is 0 Å². The summed E-state index contributed by atoms with van der Waals surface area (Å²) in [6, 6.07) is 3.55. The van der Waals surface area contributed by atoms with Gasteiger partial charge in [-0.15, -0.1) is 0 Å². The van der Waals surface area contributed by atoms with E-state index in [-0.39, 0.29) is 22.2 Å². The van der Waals surface area contributed by atoms with E-state index < -0.39 is 22.7 Å². The Hall–Kier alpha value is -2.70. The van der Waals surface area contributed by atoms with Crippen LogP contribution in [0.5, 0.6) is 0 Å². The smallest absolute Gasteiger partial charge is 0.308 e. The third-order valence-corrected chi connectivity index (χ3v) is 2.38. The number of hydrogen-bond acceptors (Lipinski definition) is 5. The summed E-state index contributed by atoms with van der Waals surface area (Å²) in [6.45, 7) is 0. The molecule has 0 saturated heterocycles. The van der Waals surface area contributed by atoms with Crippen LogP contribution in [0.15, 0.2) is 33.7 Å². The topological polar surface area (TPSA) is 111 Å². The number of aliphatic carboxylic acids is 1. The lowest BCUT2D eigenvalue weighted by Crippen LogP contribution is -2.13. The van der Waals surface area contributed by atoms with Gasteiger partial charge in [0.1, 0.15) is 5.58 Å². The molecule has 0 radical (unpaired) electrons. The summed E-state index contributed by atoms with van der Waals surface area (Å²) >= 11 is 0. The van der Waals surface area contributed by atoms with Crippen LogP contribution in [-0.4, -0.2) is 16.0 Å². The van der Waals surface area contributed by atoms with Gasteiger partial charge in [-0.3, -0.25) is 19.7 Å². The maximum Gasteiger partial charge on any atom is 0.308 e. The second-order valence-corrected chi connectivity index (χ2v) is 3.60. The molecule has 0 unspecified atom stereocenters. The number of carboxylic acid groups (broad SMARTS) is 1. The molecule has 18 heavy (non-hydrogen) atoms. The van der Waals surface area contributed by atoms with Gasteiger partial charge in [0.05, 0.1) is 29.1 Å². The highest BCUT2D eigenvalue weighted by Crippen LogP contribution is 2.19. The number of carbonyl (C=O) groups is 1. The maximum absolute atomic E-state index is 11.9. The van der Waals surface area contributed by atoms with Crippen LogP contribution in [0, 0.1) is 10.1 Å². The van der Waals surface area contributed by atoms with E-state index in [0.717, 1.165) is 12.3 Å². The standard InChI is InChI=1S/C11H7NO6/c13-10(14)3-6-5-18-9-4-7(12(16)17)1-2-8(9)11(6)15/h1-2,4-5H,3H2,(H,13,14). The summed E-state index contributed by atoms with van der Waals surface area (Å²) in [5.41, 5.74) is -0.627.